The fraction of sp³-hybridized carbons (Fsp3) is 0.462. The first kappa shape index (κ1) is 14.8. The van der Waals surface area contributed by atoms with Gasteiger partial charge >= 0.3 is 6.03 Å². The van der Waals surface area contributed by atoms with Crippen LogP contribution in [0.3, 0.4) is 0 Å². The second-order valence-corrected chi connectivity index (χ2v) is 5.88. The highest BCUT2D eigenvalue weighted by Crippen LogP contribution is 2.28. The van der Waals surface area contributed by atoms with Gasteiger partial charge in [0.15, 0.2) is 0 Å². The number of halogens is 1. The molecule has 2 amide bonds. The van der Waals surface area contributed by atoms with Crippen LogP contribution in [-0.4, -0.2) is 28.9 Å². The van der Waals surface area contributed by atoms with Gasteiger partial charge in [0.2, 0.25) is 0 Å². The van der Waals surface area contributed by atoms with Crippen molar-refractivity contribution in [2.75, 3.05) is 18.4 Å². The predicted octanol–water partition coefficient (Wildman–Crippen LogP) is 3.62. The van der Waals surface area contributed by atoms with E-state index in [2.05, 4.69) is 28.2 Å². The fourth-order valence-electron chi connectivity index (χ4n) is 2.14. The van der Waals surface area contributed by atoms with Gasteiger partial charge in [-0.1, -0.05) is 6.92 Å². The Bertz CT molecular complexity index is 528. The van der Waals surface area contributed by atoms with Crippen LogP contribution in [0, 0.1) is 16.0 Å². The first-order valence-electron chi connectivity index (χ1n) is 6.47. The van der Waals surface area contributed by atoms with Gasteiger partial charge in [0, 0.05) is 24.8 Å². The summed E-state index contributed by atoms with van der Waals surface area (Å²) in [7, 11) is 0. The monoisotopic (exact) mass is 341 g/mol. The molecule has 0 saturated carbocycles. The number of anilines is 1. The van der Waals surface area contributed by atoms with Gasteiger partial charge < -0.3 is 10.2 Å². The summed E-state index contributed by atoms with van der Waals surface area (Å²) in [6.45, 7) is 3.63. The van der Waals surface area contributed by atoms with Crippen LogP contribution >= 0.6 is 15.9 Å². The molecule has 7 heteroatoms. The number of nitro benzene ring substituents is 1. The van der Waals surface area contributed by atoms with Crippen molar-refractivity contribution in [3.05, 3.63) is 32.8 Å². The lowest BCUT2D eigenvalue weighted by atomic mass is 10.00. The quantitative estimate of drug-likeness (QED) is 0.659. The maximum Gasteiger partial charge on any atom is 0.321 e. The first-order chi connectivity index (χ1) is 9.47. The minimum Gasteiger partial charge on any atom is -0.325 e. The molecular weight excluding hydrogens is 326 g/mol. The van der Waals surface area contributed by atoms with E-state index >= 15 is 0 Å². The lowest BCUT2D eigenvalue weighted by molar-refractivity contribution is -0.385. The van der Waals surface area contributed by atoms with E-state index in [0.29, 0.717) is 16.1 Å². The second kappa shape index (κ2) is 6.21. The van der Waals surface area contributed by atoms with E-state index in [-0.39, 0.29) is 11.7 Å². The smallest absolute Gasteiger partial charge is 0.321 e. The molecule has 0 radical (unpaired) electrons. The zero-order chi connectivity index (χ0) is 14.7. The van der Waals surface area contributed by atoms with Crippen LogP contribution in [0.2, 0.25) is 0 Å². The van der Waals surface area contributed by atoms with Gasteiger partial charge in [0.25, 0.3) is 5.69 Å². The summed E-state index contributed by atoms with van der Waals surface area (Å²) in [5, 5.41) is 13.6. The molecule has 0 aromatic heterocycles. The molecule has 1 aromatic rings. The highest BCUT2D eigenvalue weighted by Gasteiger charge is 2.21. The van der Waals surface area contributed by atoms with Gasteiger partial charge in [0.1, 0.15) is 0 Å². The molecule has 1 fully saturated rings. The SMILES string of the molecule is CC1CCN(C(=O)Nc2ccc(Br)c([N+](=O)[O-])c2)CC1. The van der Waals surface area contributed by atoms with Crippen molar-refractivity contribution >= 4 is 33.3 Å². The van der Waals surface area contributed by atoms with Gasteiger partial charge in [-0.05, 0) is 46.8 Å². The first-order valence-corrected chi connectivity index (χ1v) is 7.26. The highest BCUT2D eigenvalue weighted by molar-refractivity contribution is 9.10. The average molecular weight is 342 g/mol. The number of carbonyl (C=O) groups excluding carboxylic acids is 1. The zero-order valence-electron chi connectivity index (χ0n) is 11.1. The van der Waals surface area contributed by atoms with Gasteiger partial charge in [0.05, 0.1) is 9.40 Å². The molecule has 20 heavy (non-hydrogen) atoms. The molecular formula is C13H16BrN3O3. The van der Waals surface area contributed by atoms with Gasteiger partial charge in [-0.2, -0.15) is 0 Å². The number of nitrogens with zero attached hydrogens (tertiary/aromatic N) is 2. The number of benzene rings is 1. The zero-order valence-corrected chi connectivity index (χ0v) is 12.7. The van der Waals surface area contributed by atoms with E-state index < -0.39 is 4.92 Å². The van der Waals surface area contributed by atoms with Gasteiger partial charge in [-0.25, -0.2) is 4.79 Å². The number of rotatable bonds is 2. The molecule has 2 rings (SSSR count). The third kappa shape index (κ3) is 3.47. The van der Waals surface area contributed by atoms with Crippen LogP contribution in [0.15, 0.2) is 22.7 Å². The molecule has 1 N–H and O–H groups in total. The molecule has 0 bridgehead atoms. The normalized spacial score (nSPS) is 16.0. The topological polar surface area (TPSA) is 75.5 Å². The molecule has 1 saturated heterocycles. The summed E-state index contributed by atoms with van der Waals surface area (Å²) < 4.78 is 0.396. The van der Waals surface area contributed by atoms with Crippen LogP contribution in [-0.2, 0) is 0 Å². The number of hydrogen-bond acceptors (Lipinski definition) is 3. The van der Waals surface area contributed by atoms with Crippen LogP contribution in [0.5, 0.6) is 0 Å². The highest BCUT2D eigenvalue weighted by atomic mass is 79.9. The number of piperidine rings is 1. The van der Waals surface area contributed by atoms with E-state index in [1.165, 1.54) is 6.07 Å². The van der Waals surface area contributed by atoms with E-state index in [0.717, 1.165) is 25.9 Å². The average Bonchev–Trinajstić information content (AvgIpc) is 2.41. The Labute approximate surface area is 125 Å². The lowest BCUT2D eigenvalue weighted by Crippen LogP contribution is -2.40. The van der Waals surface area contributed by atoms with Crippen LogP contribution in [0.1, 0.15) is 19.8 Å². The van der Waals surface area contributed by atoms with E-state index in [4.69, 9.17) is 0 Å². The van der Waals surface area contributed by atoms with Crippen molar-refractivity contribution in [3.8, 4) is 0 Å². The molecule has 1 aliphatic heterocycles. The Morgan fingerprint density at radius 3 is 2.70 bits per heavy atom. The van der Waals surface area contributed by atoms with Crippen LogP contribution < -0.4 is 5.32 Å². The summed E-state index contributed by atoms with van der Waals surface area (Å²) in [6, 6.07) is 4.36. The van der Waals surface area contributed by atoms with Gasteiger partial charge in [-0.3, -0.25) is 10.1 Å². The molecule has 0 unspecified atom stereocenters. The Hall–Kier alpha value is -1.63. The minimum absolute atomic E-state index is 0.0601. The molecule has 0 aliphatic carbocycles. The third-order valence-electron chi connectivity index (χ3n) is 3.46. The van der Waals surface area contributed by atoms with Crippen molar-refractivity contribution in [3.63, 3.8) is 0 Å². The van der Waals surface area contributed by atoms with Crippen molar-refractivity contribution in [1.82, 2.24) is 4.90 Å². The number of amides is 2. The number of likely N-dealkylation sites (tertiary alicyclic amines) is 1. The summed E-state index contributed by atoms with van der Waals surface area (Å²) in [5.74, 6) is 0.646. The Morgan fingerprint density at radius 2 is 2.10 bits per heavy atom. The number of carbonyl (C=O) groups is 1. The molecule has 0 atom stereocenters. The van der Waals surface area contributed by atoms with Crippen molar-refractivity contribution < 1.29 is 9.72 Å². The Balaban J connectivity index is 2.04. The standard InChI is InChI=1S/C13H16BrN3O3/c1-9-4-6-16(7-5-9)13(18)15-10-2-3-11(14)12(8-10)17(19)20/h2-3,8-9H,4-7H2,1H3,(H,15,18). The van der Waals surface area contributed by atoms with E-state index in [1.807, 2.05) is 0 Å². The summed E-state index contributed by atoms with van der Waals surface area (Å²) in [5.41, 5.74) is 0.374. The summed E-state index contributed by atoms with van der Waals surface area (Å²) in [6.07, 6.45) is 1.99. The number of urea groups is 1. The van der Waals surface area contributed by atoms with Crippen molar-refractivity contribution in [2.45, 2.75) is 19.8 Å². The molecule has 6 nitrogen and oxygen atoms in total. The van der Waals surface area contributed by atoms with Gasteiger partial charge in [-0.15, -0.1) is 0 Å². The Kier molecular flexibility index (Phi) is 4.59. The molecule has 1 aliphatic rings. The van der Waals surface area contributed by atoms with Crippen molar-refractivity contribution in [1.29, 1.82) is 0 Å². The maximum atomic E-state index is 12.1. The molecule has 1 aromatic carbocycles. The minimum atomic E-state index is -0.484. The number of nitro groups is 1. The third-order valence-corrected chi connectivity index (χ3v) is 4.14. The maximum absolute atomic E-state index is 12.1. The summed E-state index contributed by atoms with van der Waals surface area (Å²) >= 11 is 3.12. The van der Waals surface area contributed by atoms with Crippen LogP contribution in [0.25, 0.3) is 0 Å². The van der Waals surface area contributed by atoms with E-state index in [1.54, 1.807) is 17.0 Å². The number of hydrogen-bond donors (Lipinski definition) is 1. The fourth-order valence-corrected chi connectivity index (χ4v) is 2.54. The largest absolute Gasteiger partial charge is 0.325 e. The number of nitrogens with one attached hydrogen (secondary N) is 1. The van der Waals surface area contributed by atoms with Crippen LogP contribution in [0.4, 0.5) is 16.2 Å². The Morgan fingerprint density at radius 1 is 1.45 bits per heavy atom. The molecule has 0 spiro atoms. The molecule has 1 heterocycles. The summed E-state index contributed by atoms with van der Waals surface area (Å²) in [4.78, 5) is 24.2. The lowest BCUT2D eigenvalue weighted by Gasteiger charge is -2.30. The van der Waals surface area contributed by atoms with E-state index in [9.17, 15) is 14.9 Å². The van der Waals surface area contributed by atoms with Crippen molar-refractivity contribution in [2.24, 2.45) is 5.92 Å². The second-order valence-electron chi connectivity index (χ2n) is 5.02. The molecule has 108 valence electrons. The predicted molar refractivity (Wildman–Crippen MR) is 79.8 cm³/mol.